The number of carbonyl (C=O) groups excluding carboxylic acids is 1. The maximum absolute atomic E-state index is 12.2. The van der Waals surface area contributed by atoms with Gasteiger partial charge in [0.15, 0.2) is 0 Å². The Morgan fingerprint density at radius 3 is 2.76 bits per heavy atom. The van der Waals surface area contributed by atoms with Crippen LogP contribution < -0.4 is 10.3 Å². The molecule has 0 aliphatic carbocycles. The molecule has 1 aromatic carbocycles. The van der Waals surface area contributed by atoms with Crippen molar-refractivity contribution in [2.24, 2.45) is 0 Å². The molecule has 3 rings (SSSR count). The number of halogens is 1. The molecule has 0 radical (unpaired) electrons. The summed E-state index contributed by atoms with van der Waals surface area (Å²) in [6.07, 6.45) is 1.73. The number of esters is 1. The molecular formula is C18H15ClN2O4. The molecule has 0 N–H and O–H groups in total. The van der Waals surface area contributed by atoms with Gasteiger partial charge in [0.05, 0.1) is 23.4 Å². The van der Waals surface area contributed by atoms with Crippen LogP contribution in [0.5, 0.6) is 5.75 Å². The van der Waals surface area contributed by atoms with Gasteiger partial charge < -0.3 is 9.47 Å². The number of aryl methyl sites for hydroxylation is 1. The zero-order valence-electron chi connectivity index (χ0n) is 13.7. The predicted molar refractivity (Wildman–Crippen MR) is 93.3 cm³/mol. The number of nitrogens with zero attached hydrogens (tertiary/aromatic N) is 2. The van der Waals surface area contributed by atoms with E-state index in [0.717, 1.165) is 5.56 Å². The van der Waals surface area contributed by atoms with Gasteiger partial charge in [0, 0.05) is 12.3 Å². The predicted octanol–water partition coefficient (Wildman–Crippen LogP) is 3.02. The van der Waals surface area contributed by atoms with Crippen LogP contribution in [-0.2, 0) is 11.3 Å². The third-order valence-electron chi connectivity index (χ3n) is 3.59. The van der Waals surface area contributed by atoms with Crippen LogP contribution in [0.3, 0.4) is 0 Å². The first-order chi connectivity index (χ1) is 12.0. The molecule has 0 bridgehead atoms. The van der Waals surface area contributed by atoms with Crippen molar-refractivity contribution in [3.63, 3.8) is 0 Å². The van der Waals surface area contributed by atoms with Crippen molar-refractivity contribution in [1.29, 1.82) is 0 Å². The van der Waals surface area contributed by atoms with Gasteiger partial charge in [0.25, 0.3) is 5.56 Å². The van der Waals surface area contributed by atoms with E-state index in [9.17, 15) is 9.59 Å². The van der Waals surface area contributed by atoms with Crippen molar-refractivity contribution in [1.82, 2.24) is 9.38 Å². The molecule has 0 atom stereocenters. The SMILES string of the molecule is COC(=O)c1ccc(OCc2cc(=O)n3cc(C)ccc3n2)c(Cl)c1. The molecule has 0 fully saturated rings. The first kappa shape index (κ1) is 17.0. The standard InChI is InChI=1S/C18H15ClN2O4/c1-11-3-6-16-20-13(8-17(22)21(16)9-11)10-25-15-5-4-12(7-14(15)19)18(23)24-2/h3-9H,10H2,1-2H3. The number of hydrogen-bond donors (Lipinski definition) is 0. The van der Waals surface area contributed by atoms with E-state index in [-0.39, 0.29) is 17.2 Å². The number of carbonyl (C=O) groups is 1. The van der Waals surface area contributed by atoms with Crippen LogP contribution in [0.1, 0.15) is 21.6 Å². The Morgan fingerprint density at radius 1 is 1.24 bits per heavy atom. The summed E-state index contributed by atoms with van der Waals surface area (Å²) in [5.74, 6) is -0.0896. The maximum Gasteiger partial charge on any atom is 0.337 e. The molecule has 2 aromatic heterocycles. The molecule has 0 amide bonds. The molecule has 0 saturated carbocycles. The second-order valence-electron chi connectivity index (χ2n) is 5.45. The molecule has 7 heteroatoms. The highest BCUT2D eigenvalue weighted by molar-refractivity contribution is 6.32. The van der Waals surface area contributed by atoms with Gasteiger partial charge in [-0.05, 0) is 36.8 Å². The van der Waals surface area contributed by atoms with Crippen LogP contribution in [0, 0.1) is 6.92 Å². The van der Waals surface area contributed by atoms with E-state index in [1.54, 1.807) is 24.4 Å². The van der Waals surface area contributed by atoms with Gasteiger partial charge in [-0.3, -0.25) is 9.20 Å². The normalized spacial score (nSPS) is 10.7. The van der Waals surface area contributed by atoms with Gasteiger partial charge >= 0.3 is 5.97 Å². The lowest BCUT2D eigenvalue weighted by Gasteiger charge is -2.09. The summed E-state index contributed by atoms with van der Waals surface area (Å²) in [5, 5.41) is 0.274. The monoisotopic (exact) mass is 358 g/mol. The summed E-state index contributed by atoms with van der Waals surface area (Å²) in [6, 6.07) is 9.68. The van der Waals surface area contributed by atoms with Crippen molar-refractivity contribution >= 4 is 23.2 Å². The van der Waals surface area contributed by atoms with Gasteiger partial charge in [-0.2, -0.15) is 0 Å². The van der Waals surface area contributed by atoms with E-state index in [2.05, 4.69) is 9.72 Å². The fraction of sp³-hybridized carbons (Fsp3) is 0.167. The quantitative estimate of drug-likeness (QED) is 0.670. The first-order valence-electron chi connectivity index (χ1n) is 7.47. The van der Waals surface area contributed by atoms with E-state index >= 15 is 0 Å². The molecule has 0 aliphatic rings. The Labute approximate surface area is 148 Å². The Morgan fingerprint density at radius 2 is 2.04 bits per heavy atom. The van der Waals surface area contributed by atoms with Gasteiger partial charge in [-0.25, -0.2) is 9.78 Å². The number of hydrogen-bond acceptors (Lipinski definition) is 5. The fourth-order valence-corrected chi connectivity index (χ4v) is 2.58. The first-order valence-corrected chi connectivity index (χ1v) is 7.85. The zero-order chi connectivity index (χ0) is 18.0. The number of fused-ring (bicyclic) bond motifs is 1. The topological polar surface area (TPSA) is 69.9 Å². The van der Waals surface area contributed by atoms with Gasteiger partial charge in [-0.15, -0.1) is 0 Å². The molecule has 0 saturated heterocycles. The van der Waals surface area contributed by atoms with Gasteiger partial charge in [-0.1, -0.05) is 17.7 Å². The van der Waals surface area contributed by atoms with E-state index in [1.165, 1.54) is 23.6 Å². The molecule has 0 aliphatic heterocycles. The lowest BCUT2D eigenvalue weighted by molar-refractivity contribution is 0.0600. The third-order valence-corrected chi connectivity index (χ3v) is 3.88. The summed E-state index contributed by atoms with van der Waals surface area (Å²) in [7, 11) is 1.30. The molecule has 0 spiro atoms. The van der Waals surface area contributed by atoms with Gasteiger partial charge in [0.1, 0.15) is 18.0 Å². The fourth-order valence-electron chi connectivity index (χ4n) is 2.35. The molecule has 6 nitrogen and oxygen atoms in total. The van der Waals surface area contributed by atoms with Crippen molar-refractivity contribution in [3.8, 4) is 5.75 Å². The van der Waals surface area contributed by atoms with Crippen molar-refractivity contribution in [2.75, 3.05) is 7.11 Å². The Hall–Kier alpha value is -2.86. The molecule has 25 heavy (non-hydrogen) atoms. The average Bonchev–Trinajstić information content (AvgIpc) is 2.60. The van der Waals surface area contributed by atoms with Crippen LogP contribution in [0.15, 0.2) is 47.4 Å². The average molecular weight is 359 g/mol. The van der Waals surface area contributed by atoms with E-state index in [0.29, 0.717) is 22.7 Å². The minimum Gasteiger partial charge on any atom is -0.486 e. The van der Waals surface area contributed by atoms with Crippen LogP contribution in [0.25, 0.3) is 5.65 Å². The summed E-state index contributed by atoms with van der Waals surface area (Å²) in [4.78, 5) is 28.0. The third kappa shape index (κ3) is 3.64. The second-order valence-corrected chi connectivity index (χ2v) is 5.85. The van der Waals surface area contributed by atoms with Crippen LogP contribution >= 0.6 is 11.6 Å². The van der Waals surface area contributed by atoms with Crippen molar-refractivity contribution < 1.29 is 14.3 Å². The minimum absolute atomic E-state index is 0.0803. The molecule has 128 valence electrons. The van der Waals surface area contributed by atoms with Crippen LogP contribution in [-0.4, -0.2) is 22.5 Å². The van der Waals surface area contributed by atoms with E-state index < -0.39 is 5.97 Å². The lowest BCUT2D eigenvalue weighted by Crippen LogP contribution is -2.16. The largest absolute Gasteiger partial charge is 0.486 e. The Bertz CT molecular complexity index is 1010. The van der Waals surface area contributed by atoms with Crippen molar-refractivity contribution in [2.45, 2.75) is 13.5 Å². The summed E-state index contributed by atoms with van der Waals surface area (Å²) < 4.78 is 11.7. The molecule has 0 unspecified atom stereocenters. The highest BCUT2D eigenvalue weighted by Gasteiger charge is 2.10. The number of pyridine rings is 1. The Kier molecular flexibility index (Phi) is 4.72. The second kappa shape index (κ2) is 6.94. The highest BCUT2D eigenvalue weighted by atomic mass is 35.5. The summed E-state index contributed by atoms with van der Waals surface area (Å²) in [6.45, 7) is 1.99. The van der Waals surface area contributed by atoms with Crippen molar-refractivity contribution in [3.05, 3.63) is 74.8 Å². The highest BCUT2D eigenvalue weighted by Crippen LogP contribution is 2.26. The number of ether oxygens (including phenoxy) is 2. The number of aromatic nitrogens is 2. The van der Waals surface area contributed by atoms with Crippen LogP contribution in [0.2, 0.25) is 5.02 Å². The van der Waals surface area contributed by atoms with Crippen LogP contribution in [0.4, 0.5) is 0 Å². The van der Waals surface area contributed by atoms with Gasteiger partial charge in [0.2, 0.25) is 0 Å². The zero-order valence-corrected chi connectivity index (χ0v) is 14.4. The minimum atomic E-state index is -0.479. The maximum atomic E-state index is 12.2. The number of methoxy groups -OCH3 is 1. The molecular weight excluding hydrogens is 344 g/mol. The summed E-state index contributed by atoms with van der Waals surface area (Å²) >= 11 is 6.12. The van der Waals surface area contributed by atoms with E-state index in [1.807, 2.05) is 13.0 Å². The Balaban J connectivity index is 1.82. The summed E-state index contributed by atoms with van der Waals surface area (Å²) in [5.41, 5.74) is 2.15. The van der Waals surface area contributed by atoms with E-state index in [4.69, 9.17) is 16.3 Å². The lowest BCUT2D eigenvalue weighted by atomic mass is 10.2. The number of benzene rings is 1. The smallest absolute Gasteiger partial charge is 0.337 e. The number of rotatable bonds is 4. The molecule has 2 heterocycles. The molecule has 3 aromatic rings.